The summed E-state index contributed by atoms with van der Waals surface area (Å²) in [4.78, 5) is 0. The molecule has 0 saturated heterocycles. The van der Waals surface area contributed by atoms with Gasteiger partial charge in [-0.05, 0) is 73.3 Å². The van der Waals surface area contributed by atoms with E-state index in [4.69, 9.17) is 0 Å². The Hall–Kier alpha value is -0.820. The van der Waals surface area contributed by atoms with E-state index in [1.165, 1.54) is 43.2 Å². The molecule has 4 aliphatic rings. The van der Waals surface area contributed by atoms with Crippen LogP contribution in [0.15, 0.2) is 24.3 Å². The smallest absolute Gasteiger partial charge is 0.0744 e. The molecule has 1 aromatic rings. The highest BCUT2D eigenvalue weighted by molar-refractivity contribution is 5.25. The molecule has 1 aromatic carbocycles. The average molecular weight is 270 g/mol. The quantitative estimate of drug-likeness (QED) is 0.881. The lowest BCUT2D eigenvalue weighted by atomic mass is 9.49. The van der Waals surface area contributed by atoms with Crippen LogP contribution in [-0.4, -0.2) is 10.7 Å². The third-order valence-corrected chi connectivity index (χ3v) is 6.47. The first kappa shape index (κ1) is 12.9. The van der Waals surface area contributed by atoms with E-state index >= 15 is 0 Å². The predicted molar refractivity (Wildman–Crippen MR) is 81.5 cm³/mol. The zero-order chi connectivity index (χ0) is 13.7. The fourth-order valence-electron chi connectivity index (χ4n) is 5.51. The van der Waals surface area contributed by atoms with Gasteiger partial charge in [0.1, 0.15) is 0 Å². The van der Waals surface area contributed by atoms with Gasteiger partial charge in [-0.2, -0.15) is 0 Å². The van der Waals surface area contributed by atoms with Crippen molar-refractivity contribution in [1.29, 1.82) is 0 Å². The van der Waals surface area contributed by atoms with Crippen LogP contribution in [0.4, 0.5) is 0 Å². The van der Waals surface area contributed by atoms with Crippen LogP contribution < -0.4 is 0 Å². The van der Waals surface area contributed by atoms with Gasteiger partial charge in [0.05, 0.1) is 5.60 Å². The van der Waals surface area contributed by atoms with Crippen molar-refractivity contribution < 1.29 is 5.11 Å². The number of aliphatic hydroxyl groups is 1. The Labute approximate surface area is 122 Å². The van der Waals surface area contributed by atoms with Crippen molar-refractivity contribution in [2.45, 2.75) is 57.5 Å². The molecule has 4 fully saturated rings. The Morgan fingerprint density at radius 2 is 1.40 bits per heavy atom. The Bertz CT molecular complexity index is 459. The van der Waals surface area contributed by atoms with E-state index in [2.05, 4.69) is 31.2 Å². The largest absolute Gasteiger partial charge is 0.389 e. The minimum Gasteiger partial charge on any atom is -0.389 e. The molecule has 1 nitrogen and oxygen atoms in total. The van der Waals surface area contributed by atoms with Crippen LogP contribution in [-0.2, 0) is 12.8 Å². The van der Waals surface area contributed by atoms with Crippen molar-refractivity contribution in [3.63, 3.8) is 0 Å². The topological polar surface area (TPSA) is 20.2 Å². The van der Waals surface area contributed by atoms with Gasteiger partial charge < -0.3 is 5.11 Å². The summed E-state index contributed by atoms with van der Waals surface area (Å²) >= 11 is 0. The van der Waals surface area contributed by atoms with Crippen molar-refractivity contribution in [2.75, 3.05) is 0 Å². The van der Waals surface area contributed by atoms with E-state index < -0.39 is 5.60 Å². The lowest BCUT2D eigenvalue weighted by Gasteiger charge is -2.59. The van der Waals surface area contributed by atoms with Crippen LogP contribution in [0.3, 0.4) is 0 Å². The Kier molecular flexibility index (Phi) is 2.96. The third-order valence-electron chi connectivity index (χ3n) is 6.47. The maximum atomic E-state index is 11.4. The normalized spacial score (nSPS) is 42.1. The molecule has 0 heterocycles. The molecule has 0 atom stereocenters. The first-order chi connectivity index (χ1) is 9.67. The summed E-state index contributed by atoms with van der Waals surface area (Å²) in [6.07, 6.45) is 8.58. The number of benzene rings is 1. The number of hydrogen-bond donors (Lipinski definition) is 1. The van der Waals surface area contributed by atoms with E-state index in [1.807, 2.05) is 0 Å². The molecule has 0 amide bonds. The minimum absolute atomic E-state index is 0.402. The van der Waals surface area contributed by atoms with Crippen LogP contribution in [0.2, 0.25) is 0 Å². The fourth-order valence-corrected chi connectivity index (χ4v) is 5.51. The monoisotopic (exact) mass is 270 g/mol. The zero-order valence-corrected chi connectivity index (χ0v) is 12.5. The van der Waals surface area contributed by atoms with Gasteiger partial charge in [-0.1, -0.05) is 31.2 Å². The minimum atomic E-state index is -0.402. The molecule has 1 heteroatoms. The van der Waals surface area contributed by atoms with Crippen LogP contribution >= 0.6 is 0 Å². The Morgan fingerprint density at radius 3 is 1.90 bits per heavy atom. The van der Waals surface area contributed by atoms with Gasteiger partial charge in [-0.25, -0.2) is 0 Å². The first-order valence-corrected chi connectivity index (χ1v) is 8.47. The molecule has 0 aromatic heterocycles. The van der Waals surface area contributed by atoms with Gasteiger partial charge in [-0.15, -0.1) is 0 Å². The summed E-state index contributed by atoms with van der Waals surface area (Å²) in [6, 6.07) is 8.94. The molecule has 0 aliphatic heterocycles. The fraction of sp³-hybridized carbons (Fsp3) is 0.684. The summed E-state index contributed by atoms with van der Waals surface area (Å²) in [5.41, 5.74) is 2.32. The van der Waals surface area contributed by atoms with E-state index in [-0.39, 0.29) is 0 Å². The number of aryl methyl sites for hydroxylation is 1. The summed E-state index contributed by atoms with van der Waals surface area (Å²) < 4.78 is 0. The highest BCUT2D eigenvalue weighted by Gasteiger charge is 2.56. The molecule has 20 heavy (non-hydrogen) atoms. The second-order valence-corrected chi connectivity index (χ2v) is 7.64. The van der Waals surface area contributed by atoms with E-state index in [1.54, 1.807) is 0 Å². The molecule has 0 radical (unpaired) electrons. The van der Waals surface area contributed by atoms with E-state index in [9.17, 15) is 5.11 Å². The first-order valence-electron chi connectivity index (χ1n) is 8.47. The molecule has 1 N–H and O–H groups in total. The van der Waals surface area contributed by atoms with Crippen LogP contribution in [0.5, 0.6) is 0 Å². The van der Waals surface area contributed by atoms with Crippen molar-refractivity contribution in [3.05, 3.63) is 35.4 Å². The summed E-state index contributed by atoms with van der Waals surface area (Å²) in [7, 11) is 0. The van der Waals surface area contributed by atoms with Gasteiger partial charge in [-0.3, -0.25) is 0 Å². The van der Waals surface area contributed by atoms with Crippen molar-refractivity contribution in [1.82, 2.24) is 0 Å². The summed E-state index contributed by atoms with van der Waals surface area (Å²) in [5, 5.41) is 11.4. The lowest BCUT2D eigenvalue weighted by Crippen LogP contribution is -2.58. The number of rotatable bonds is 3. The standard InChI is InChI=1S/C19H26O/c1-2-13-3-5-14(6-4-13)12-19(20)17-8-15-7-16(10-17)11-18(19)9-15/h3-6,15-18,20H,2,7-12H2,1H3. The zero-order valence-electron chi connectivity index (χ0n) is 12.5. The molecular formula is C19H26O. The molecule has 0 spiro atoms. The summed E-state index contributed by atoms with van der Waals surface area (Å²) in [6.45, 7) is 2.19. The summed E-state index contributed by atoms with van der Waals surface area (Å²) in [5.74, 6) is 3.01. The van der Waals surface area contributed by atoms with Gasteiger partial charge in [0.2, 0.25) is 0 Å². The van der Waals surface area contributed by atoms with Gasteiger partial charge in [0, 0.05) is 6.42 Å². The van der Waals surface area contributed by atoms with Crippen LogP contribution in [0.25, 0.3) is 0 Å². The number of hydrogen-bond acceptors (Lipinski definition) is 1. The maximum Gasteiger partial charge on any atom is 0.0744 e. The third kappa shape index (κ3) is 1.94. The molecule has 0 unspecified atom stereocenters. The maximum absolute atomic E-state index is 11.4. The van der Waals surface area contributed by atoms with E-state index in [0.717, 1.165) is 24.7 Å². The van der Waals surface area contributed by atoms with Crippen molar-refractivity contribution >= 4 is 0 Å². The van der Waals surface area contributed by atoms with Crippen molar-refractivity contribution in [3.8, 4) is 0 Å². The Balaban J connectivity index is 1.57. The second-order valence-electron chi connectivity index (χ2n) is 7.64. The predicted octanol–water partition coefficient (Wildman–Crippen LogP) is 3.98. The highest BCUT2D eigenvalue weighted by Crippen LogP contribution is 2.59. The average Bonchev–Trinajstić information content (AvgIpc) is 2.45. The second kappa shape index (κ2) is 4.59. The van der Waals surface area contributed by atoms with Crippen LogP contribution in [0, 0.1) is 23.7 Å². The molecule has 4 bridgehead atoms. The Morgan fingerprint density at radius 1 is 0.900 bits per heavy atom. The van der Waals surface area contributed by atoms with Crippen LogP contribution in [0.1, 0.15) is 50.2 Å². The van der Waals surface area contributed by atoms with Crippen molar-refractivity contribution in [2.24, 2.45) is 23.7 Å². The molecular weight excluding hydrogens is 244 g/mol. The van der Waals surface area contributed by atoms with E-state index in [0.29, 0.717) is 11.8 Å². The molecule has 108 valence electrons. The van der Waals surface area contributed by atoms with Gasteiger partial charge >= 0.3 is 0 Å². The molecule has 5 rings (SSSR count). The van der Waals surface area contributed by atoms with Gasteiger partial charge in [0.25, 0.3) is 0 Å². The van der Waals surface area contributed by atoms with Gasteiger partial charge in [0.15, 0.2) is 0 Å². The molecule has 4 aliphatic carbocycles. The highest BCUT2D eigenvalue weighted by atomic mass is 16.3. The molecule has 4 saturated carbocycles. The lowest BCUT2D eigenvalue weighted by molar-refractivity contribution is -0.171. The SMILES string of the molecule is CCc1ccc(CC2(O)C3CC4CC(C3)CC2C4)cc1.